The van der Waals surface area contributed by atoms with E-state index in [4.69, 9.17) is 16.3 Å². The van der Waals surface area contributed by atoms with E-state index in [9.17, 15) is 13.6 Å². The summed E-state index contributed by atoms with van der Waals surface area (Å²) >= 11 is 6.15. The molecule has 9 heteroatoms. The predicted molar refractivity (Wildman–Crippen MR) is 102 cm³/mol. The fourth-order valence-electron chi connectivity index (χ4n) is 2.53. The fourth-order valence-corrected chi connectivity index (χ4v) is 2.75. The molecule has 0 aliphatic rings. The van der Waals surface area contributed by atoms with Crippen molar-refractivity contribution in [2.75, 3.05) is 12.4 Å². The maximum atomic E-state index is 12.5. The Bertz CT molecular complexity index is 1010. The molecule has 1 N–H and O–H groups in total. The van der Waals surface area contributed by atoms with Crippen LogP contribution in [0.15, 0.2) is 59.5 Å². The quantitative estimate of drug-likeness (QED) is 0.632. The molecular formula is C19H16ClF2N3O3. The van der Waals surface area contributed by atoms with Crippen LogP contribution in [0.5, 0.6) is 11.5 Å². The smallest absolute Gasteiger partial charge is 0.387 e. The molecule has 0 unspecified atom stereocenters. The highest BCUT2D eigenvalue weighted by Crippen LogP contribution is 2.34. The number of ether oxygens (including phenoxy) is 2. The molecule has 0 bridgehead atoms. The summed E-state index contributed by atoms with van der Waals surface area (Å²) in [6.45, 7) is -2.62. The molecule has 0 spiro atoms. The van der Waals surface area contributed by atoms with Crippen molar-refractivity contribution >= 4 is 23.2 Å². The summed E-state index contributed by atoms with van der Waals surface area (Å²) in [6, 6.07) is 13.9. The minimum absolute atomic E-state index is 0.0564. The number of nitrogens with zero attached hydrogens (tertiary/aromatic N) is 2. The third kappa shape index (κ3) is 4.58. The van der Waals surface area contributed by atoms with E-state index in [0.29, 0.717) is 6.54 Å². The van der Waals surface area contributed by atoms with E-state index in [-0.39, 0.29) is 28.2 Å². The third-order valence-corrected chi connectivity index (χ3v) is 4.19. The van der Waals surface area contributed by atoms with Gasteiger partial charge in [-0.2, -0.15) is 13.8 Å². The molecule has 0 saturated carbocycles. The van der Waals surface area contributed by atoms with Gasteiger partial charge in [0.1, 0.15) is 10.8 Å². The van der Waals surface area contributed by atoms with Gasteiger partial charge in [-0.05, 0) is 17.7 Å². The van der Waals surface area contributed by atoms with Crippen LogP contribution >= 0.6 is 11.6 Å². The van der Waals surface area contributed by atoms with Gasteiger partial charge in [0.05, 0.1) is 25.5 Å². The second-order valence-corrected chi connectivity index (χ2v) is 6.05. The molecule has 3 rings (SSSR count). The lowest BCUT2D eigenvalue weighted by atomic mass is 10.2. The average molecular weight is 408 g/mol. The first kappa shape index (κ1) is 19.6. The highest BCUT2D eigenvalue weighted by Gasteiger charge is 2.15. The largest absolute Gasteiger partial charge is 0.490 e. The number of benzene rings is 2. The van der Waals surface area contributed by atoms with Crippen LogP contribution in [-0.4, -0.2) is 23.3 Å². The van der Waals surface area contributed by atoms with Crippen molar-refractivity contribution in [1.29, 1.82) is 0 Å². The Labute approximate surface area is 164 Å². The van der Waals surface area contributed by atoms with Crippen molar-refractivity contribution in [3.05, 3.63) is 75.7 Å². The first-order chi connectivity index (χ1) is 13.5. The number of halogens is 3. The summed E-state index contributed by atoms with van der Waals surface area (Å²) in [6.07, 6.45) is 1.51. The highest BCUT2D eigenvalue weighted by molar-refractivity contribution is 6.34. The Morgan fingerprint density at radius 2 is 1.89 bits per heavy atom. The van der Waals surface area contributed by atoms with Gasteiger partial charge in [0.2, 0.25) is 11.7 Å². The van der Waals surface area contributed by atoms with Crippen LogP contribution in [0.3, 0.4) is 0 Å². The van der Waals surface area contributed by atoms with Gasteiger partial charge in [-0.15, -0.1) is 0 Å². The van der Waals surface area contributed by atoms with E-state index in [1.807, 2.05) is 30.3 Å². The van der Waals surface area contributed by atoms with Crippen LogP contribution < -0.4 is 20.3 Å². The van der Waals surface area contributed by atoms with Crippen LogP contribution in [0.25, 0.3) is 0 Å². The number of alkyl halides is 2. The van der Waals surface area contributed by atoms with Crippen LogP contribution in [0.4, 0.5) is 20.4 Å². The lowest BCUT2D eigenvalue weighted by Crippen LogP contribution is -2.18. The Kier molecular flexibility index (Phi) is 6.10. The van der Waals surface area contributed by atoms with Crippen molar-refractivity contribution in [2.45, 2.75) is 13.2 Å². The minimum atomic E-state index is -3.01. The number of hydrogen-bond donors (Lipinski definition) is 1. The molecule has 6 nitrogen and oxygen atoms in total. The normalized spacial score (nSPS) is 10.8. The van der Waals surface area contributed by atoms with Crippen LogP contribution in [0, 0.1) is 0 Å². The Balaban J connectivity index is 1.99. The first-order valence-electron chi connectivity index (χ1n) is 8.17. The van der Waals surface area contributed by atoms with Gasteiger partial charge in [-0.1, -0.05) is 48.0 Å². The second kappa shape index (κ2) is 8.71. The van der Waals surface area contributed by atoms with Gasteiger partial charge >= 0.3 is 12.2 Å². The third-order valence-electron chi connectivity index (χ3n) is 3.80. The number of methoxy groups -OCH3 is 1. The molecule has 0 aliphatic carbocycles. The molecular weight excluding hydrogens is 392 g/mol. The summed E-state index contributed by atoms with van der Waals surface area (Å²) < 4.78 is 36.2. The van der Waals surface area contributed by atoms with Crippen LogP contribution in [-0.2, 0) is 6.54 Å². The highest BCUT2D eigenvalue weighted by atomic mass is 35.5. The Morgan fingerprint density at radius 1 is 1.14 bits per heavy atom. The van der Waals surface area contributed by atoms with Crippen molar-refractivity contribution in [3.8, 4) is 11.5 Å². The fraction of sp³-hybridized carbons (Fsp3) is 0.158. The van der Waals surface area contributed by atoms with E-state index in [1.165, 1.54) is 25.4 Å². The maximum Gasteiger partial charge on any atom is 0.387 e. The molecule has 0 radical (unpaired) electrons. The molecule has 0 fully saturated rings. The zero-order valence-corrected chi connectivity index (χ0v) is 15.5. The number of anilines is 2. The van der Waals surface area contributed by atoms with E-state index in [0.717, 1.165) is 5.56 Å². The molecule has 3 aromatic rings. The lowest BCUT2D eigenvalue weighted by molar-refractivity contribution is -0.0497. The van der Waals surface area contributed by atoms with Crippen molar-refractivity contribution in [3.63, 3.8) is 0 Å². The molecule has 0 saturated heterocycles. The number of hydrogen-bond acceptors (Lipinski definition) is 5. The van der Waals surface area contributed by atoms with Gasteiger partial charge < -0.3 is 19.4 Å². The summed E-state index contributed by atoms with van der Waals surface area (Å²) in [5.74, 6) is 0.0558. The van der Waals surface area contributed by atoms with Gasteiger partial charge in [0.15, 0.2) is 0 Å². The van der Waals surface area contributed by atoms with Crippen LogP contribution in [0.2, 0.25) is 5.02 Å². The minimum Gasteiger partial charge on any atom is -0.490 e. The standard InChI is InChI=1S/C19H16ClF2N3O3/c1-27-15-11-25(10-12-6-3-2-4-7-12)19(24-17(15)26)23-13-8-5-9-14(16(13)20)28-18(21)22/h2-9,11,18H,10H2,1H3,(H,23,24,26). The molecule has 0 aliphatic heterocycles. The van der Waals surface area contributed by atoms with Gasteiger partial charge in [0.25, 0.3) is 0 Å². The molecule has 2 aromatic carbocycles. The SMILES string of the molecule is COc1cn(Cc2ccccc2)c(Nc2cccc(OC(F)F)c2Cl)nc1=O. The van der Waals surface area contributed by atoms with Crippen LogP contribution in [0.1, 0.15) is 5.56 Å². The molecule has 0 amide bonds. The zero-order chi connectivity index (χ0) is 20.1. The summed E-state index contributed by atoms with van der Waals surface area (Å²) in [4.78, 5) is 16.1. The van der Waals surface area contributed by atoms with Crippen molar-refractivity contribution in [1.82, 2.24) is 9.55 Å². The predicted octanol–water partition coefficient (Wildman–Crippen LogP) is 4.30. The monoisotopic (exact) mass is 407 g/mol. The number of rotatable bonds is 7. The second-order valence-electron chi connectivity index (χ2n) is 5.67. The van der Waals surface area contributed by atoms with Gasteiger partial charge in [0, 0.05) is 0 Å². The average Bonchev–Trinajstić information content (AvgIpc) is 2.67. The first-order valence-corrected chi connectivity index (χ1v) is 8.55. The van der Waals surface area contributed by atoms with E-state index >= 15 is 0 Å². The van der Waals surface area contributed by atoms with E-state index < -0.39 is 12.2 Å². The van der Waals surface area contributed by atoms with Gasteiger partial charge in [-0.25, -0.2) is 0 Å². The lowest BCUT2D eigenvalue weighted by Gasteiger charge is -2.17. The van der Waals surface area contributed by atoms with Crippen molar-refractivity contribution < 1.29 is 18.3 Å². The Hall–Kier alpha value is -3.13. The summed E-state index contributed by atoms with van der Waals surface area (Å²) in [5.41, 5.74) is 0.642. The van der Waals surface area contributed by atoms with Gasteiger partial charge in [-0.3, -0.25) is 4.79 Å². The zero-order valence-electron chi connectivity index (χ0n) is 14.7. The van der Waals surface area contributed by atoms with Crippen molar-refractivity contribution in [2.24, 2.45) is 0 Å². The molecule has 1 aromatic heterocycles. The number of aromatic nitrogens is 2. The molecule has 146 valence electrons. The molecule has 28 heavy (non-hydrogen) atoms. The topological polar surface area (TPSA) is 65.4 Å². The number of nitrogens with one attached hydrogen (secondary N) is 1. The molecule has 1 heterocycles. The molecule has 0 atom stereocenters. The summed E-state index contributed by atoms with van der Waals surface area (Å²) in [7, 11) is 1.38. The summed E-state index contributed by atoms with van der Waals surface area (Å²) in [5, 5.41) is 2.85. The van der Waals surface area contributed by atoms with E-state index in [2.05, 4.69) is 15.0 Å². The Morgan fingerprint density at radius 3 is 2.57 bits per heavy atom. The maximum absolute atomic E-state index is 12.5. The van der Waals surface area contributed by atoms with E-state index in [1.54, 1.807) is 10.6 Å².